The smallest absolute Gasteiger partial charge is 0.141 e. The first-order valence-corrected chi connectivity index (χ1v) is 5.77. The molecule has 2 aromatic carbocycles. The van der Waals surface area contributed by atoms with Crippen molar-refractivity contribution in [3.05, 3.63) is 48.5 Å². The Labute approximate surface area is 99.4 Å². The molecule has 0 fully saturated rings. The van der Waals surface area contributed by atoms with Gasteiger partial charge < -0.3 is 10.5 Å². The Kier molecular flexibility index (Phi) is 3.37. The molecule has 0 saturated carbocycles. The first-order valence-electron chi connectivity index (χ1n) is 4.96. The molecule has 2 N–H and O–H groups in total. The minimum atomic E-state index is 0.670. The summed E-state index contributed by atoms with van der Waals surface area (Å²) >= 11 is 1.69. The number of methoxy groups -OCH3 is 1. The molecule has 0 aliphatic rings. The predicted octanol–water partition coefficient (Wildman–Crippen LogP) is 3.43. The average Bonchev–Trinajstić information content (AvgIpc) is 2.31. The Balaban J connectivity index is 2.20. The van der Waals surface area contributed by atoms with E-state index in [2.05, 4.69) is 12.1 Å². The van der Waals surface area contributed by atoms with E-state index in [0.717, 1.165) is 10.6 Å². The van der Waals surface area contributed by atoms with Crippen molar-refractivity contribution in [2.75, 3.05) is 12.8 Å². The highest BCUT2D eigenvalue weighted by Crippen LogP contribution is 2.32. The fourth-order valence-electron chi connectivity index (χ4n) is 1.40. The number of nitrogens with two attached hydrogens (primary N) is 1. The summed E-state index contributed by atoms with van der Waals surface area (Å²) in [6.07, 6.45) is 0. The van der Waals surface area contributed by atoms with Crippen molar-refractivity contribution in [1.82, 2.24) is 0 Å². The van der Waals surface area contributed by atoms with Crippen molar-refractivity contribution in [2.24, 2.45) is 0 Å². The summed E-state index contributed by atoms with van der Waals surface area (Å²) in [5.74, 6) is 0.720. The first kappa shape index (κ1) is 10.9. The van der Waals surface area contributed by atoms with E-state index in [9.17, 15) is 0 Å². The van der Waals surface area contributed by atoms with Gasteiger partial charge in [-0.05, 0) is 30.3 Å². The van der Waals surface area contributed by atoms with E-state index in [1.54, 1.807) is 18.9 Å². The molecule has 2 aromatic rings. The minimum Gasteiger partial charge on any atom is -0.495 e. The van der Waals surface area contributed by atoms with Gasteiger partial charge in [-0.3, -0.25) is 0 Å². The zero-order valence-corrected chi connectivity index (χ0v) is 9.83. The second-order valence-electron chi connectivity index (χ2n) is 3.32. The molecule has 0 aromatic heterocycles. The molecule has 2 nitrogen and oxygen atoms in total. The summed E-state index contributed by atoms with van der Waals surface area (Å²) in [6, 6.07) is 16.0. The van der Waals surface area contributed by atoms with Crippen LogP contribution in [0.25, 0.3) is 0 Å². The van der Waals surface area contributed by atoms with Crippen molar-refractivity contribution in [2.45, 2.75) is 9.79 Å². The summed E-state index contributed by atoms with van der Waals surface area (Å²) in [4.78, 5) is 2.32. The van der Waals surface area contributed by atoms with E-state index >= 15 is 0 Å². The molecule has 16 heavy (non-hydrogen) atoms. The SMILES string of the molecule is COc1ccc(Sc2ccccc2)cc1N. The van der Waals surface area contributed by atoms with E-state index in [4.69, 9.17) is 10.5 Å². The molecular formula is C13H13NOS. The Bertz CT molecular complexity index is 471. The summed E-state index contributed by atoms with van der Waals surface area (Å²) < 4.78 is 5.12. The standard InChI is InChI=1S/C13H13NOS/c1-15-13-8-7-11(9-12(13)14)16-10-5-3-2-4-6-10/h2-9H,14H2,1H3. The fourth-order valence-corrected chi connectivity index (χ4v) is 2.29. The van der Waals surface area contributed by atoms with E-state index in [1.165, 1.54) is 4.90 Å². The third-order valence-electron chi connectivity index (χ3n) is 2.18. The number of ether oxygens (including phenoxy) is 1. The molecular weight excluding hydrogens is 218 g/mol. The van der Waals surface area contributed by atoms with Gasteiger partial charge in [0.15, 0.2) is 0 Å². The van der Waals surface area contributed by atoms with Crippen LogP contribution in [-0.4, -0.2) is 7.11 Å². The van der Waals surface area contributed by atoms with Crippen molar-refractivity contribution >= 4 is 17.4 Å². The number of rotatable bonds is 3. The van der Waals surface area contributed by atoms with E-state index in [0.29, 0.717) is 5.69 Å². The van der Waals surface area contributed by atoms with Crippen molar-refractivity contribution in [1.29, 1.82) is 0 Å². The van der Waals surface area contributed by atoms with Crippen LogP contribution in [0.2, 0.25) is 0 Å². The lowest BCUT2D eigenvalue weighted by Gasteiger charge is -2.06. The normalized spacial score (nSPS) is 10.1. The quantitative estimate of drug-likeness (QED) is 0.822. The minimum absolute atomic E-state index is 0.670. The van der Waals surface area contributed by atoms with Gasteiger partial charge >= 0.3 is 0 Å². The van der Waals surface area contributed by atoms with E-state index in [1.807, 2.05) is 36.4 Å². The van der Waals surface area contributed by atoms with Crippen LogP contribution in [0.5, 0.6) is 5.75 Å². The Hall–Kier alpha value is -1.61. The third kappa shape index (κ3) is 2.49. The number of hydrogen-bond donors (Lipinski definition) is 1. The van der Waals surface area contributed by atoms with Gasteiger partial charge in [0, 0.05) is 9.79 Å². The Morgan fingerprint density at radius 2 is 1.75 bits per heavy atom. The zero-order chi connectivity index (χ0) is 11.4. The Morgan fingerprint density at radius 3 is 2.38 bits per heavy atom. The van der Waals surface area contributed by atoms with Gasteiger partial charge in [0.05, 0.1) is 12.8 Å². The number of anilines is 1. The highest BCUT2D eigenvalue weighted by atomic mass is 32.2. The second-order valence-corrected chi connectivity index (χ2v) is 4.47. The summed E-state index contributed by atoms with van der Waals surface area (Å²) in [5, 5.41) is 0. The summed E-state index contributed by atoms with van der Waals surface area (Å²) in [7, 11) is 1.62. The van der Waals surface area contributed by atoms with Gasteiger partial charge in [-0.2, -0.15) is 0 Å². The van der Waals surface area contributed by atoms with Crippen LogP contribution in [0.15, 0.2) is 58.3 Å². The van der Waals surface area contributed by atoms with Gasteiger partial charge in [-0.1, -0.05) is 30.0 Å². The van der Waals surface area contributed by atoms with Gasteiger partial charge in [0.2, 0.25) is 0 Å². The van der Waals surface area contributed by atoms with Crippen LogP contribution < -0.4 is 10.5 Å². The van der Waals surface area contributed by atoms with Crippen LogP contribution >= 0.6 is 11.8 Å². The second kappa shape index (κ2) is 4.94. The molecule has 0 radical (unpaired) electrons. The van der Waals surface area contributed by atoms with Gasteiger partial charge in [-0.15, -0.1) is 0 Å². The molecule has 0 unspecified atom stereocenters. The van der Waals surface area contributed by atoms with Crippen LogP contribution in [0, 0.1) is 0 Å². The zero-order valence-electron chi connectivity index (χ0n) is 9.01. The van der Waals surface area contributed by atoms with Crippen LogP contribution in [-0.2, 0) is 0 Å². The van der Waals surface area contributed by atoms with Gasteiger partial charge in [0.1, 0.15) is 5.75 Å². The fraction of sp³-hybridized carbons (Fsp3) is 0.0769. The molecule has 0 aliphatic heterocycles. The van der Waals surface area contributed by atoms with Crippen LogP contribution in [0.3, 0.4) is 0 Å². The topological polar surface area (TPSA) is 35.2 Å². The Morgan fingerprint density at radius 1 is 1.00 bits per heavy atom. The lowest BCUT2D eigenvalue weighted by molar-refractivity contribution is 0.416. The highest BCUT2D eigenvalue weighted by molar-refractivity contribution is 7.99. The first-order chi connectivity index (χ1) is 7.79. The number of nitrogen functional groups attached to an aromatic ring is 1. The monoisotopic (exact) mass is 231 g/mol. The number of benzene rings is 2. The van der Waals surface area contributed by atoms with Crippen molar-refractivity contribution < 1.29 is 4.74 Å². The maximum Gasteiger partial charge on any atom is 0.141 e. The van der Waals surface area contributed by atoms with Gasteiger partial charge in [-0.25, -0.2) is 0 Å². The molecule has 0 spiro atoms. The predicted molar refractivity (Wildman–Crippen MR) is 68.0 cm³/mol. The van der Waals surface area contributed by atoms with E-state index in [-0.39, 0.29) is 0 Å². The maximum atomic E-state index is 5.85. The largest absolute Gasteiger partial charge is 0.495 e. The van der Waals surface area contributed by atoms with Crippen molar-refractivity contribution in [3.63, 3.8) is 0 Å². The maximum absolute atomic E-state index is 5.85. The summed E-state index contributed by atoms with van der Waals surface area (Å²) in [6.45, 7) is 0. The highest BCUT2D eigenvalue weighted by Gasteiger charge is 2.01. The molecule has 82 valence electrons. The molecule has 2 rings (SSSR count). The molecule has 0 aliphatic carbocycles. The average molecular weight is 231 g/mol. The van der Waals surface area contributed by atoms with Crippen LogP contribution in [0.4, 0.5) is 5.69 Å². The molecule has 0 amide bonds. The molecule has 0 bridgehead atoms. The van der Waals surface area contributed by atoms with E-state index < -0.39 is 0 Å². The van der Waals surface area contributed by atoms with Gasteiger partial charge in [0.25, 0.3) is 0 Å². The van der Waals surface area contributed by atoms with Crippen LogP contribution in [0.1, 0.15) is 0 Å². The number of hydrogen-bond acceptors (Lipinski definition) is 3. The summed E-state index contributed by atoms with van der Waals surface area (Å²) in [5.41, 5.74) is 6.52. The van der Waals surface area contributed by atoms with Crippen molar-refractivity contribution in [3.8, 4) is 5.75 Å². The molecule has 3 heteroatoms. The lowest BCUT2D eigenvalue weighted by atomic mass is 10.3. The molecule has 0 heterocycles. The third-order valence-corrected chi connectivity index (χ3v) is 3.18. The molecule has 0 atom stereocenters. The molecule has 0 saturated heterocycles. The lowest BCUT2D eigenvalue weighted by Crippen LogP contribution is -1.91.